The first-order valence-electron chi connectivity index (χ1n) is 21.7. The third-order valence-electron chi connectivity index (χ3n) is 13.9. The van der Waals surface area contributed by atoms with Gasteiger partial charge in [0, 0.05) is 46.8 Å². The highest BCUT2D eigenvalue weighted by Crippen LogP contribution is 2.67. The van der Waals surface area contributed by atoms with Crippen molar-refractivity contribution in [3.05, 3.63) is 95.9 Å². The van der Waals surface area contributed by atoms with E-state index in [4.69, 9.17) is 14.2 Å². The minimum absolute atomic E-state index is 0. The number of fused-ring (bicyclic) bond motifs is 6. The number of benzene rings is 2. The van der Waals surface area contributed by atoms with Crippen molar-refractivity contribution >= 4 is 65.5 Å². The summed E-state index contributed by atoms with van der Waals surface area (Å²) in [6.07, 6.45) is 8.83. The molecule has 0 unspecified atom stereocenters. The molecule has 2 aromatic carbocycles. The number of ether oxygens (including phenoxy) is 3. The Morgan fingerprint density at radius 1 is 0.953 bits per heavy atom. The number of carbonyl (C=O) groups is 6. The van der Waals surface area contributed by atoms with Crippen LogP contribution in [0.4, 0.5) is 10.5 Å². The lowest BCUT2D eigenvalue weighted by Gasteiger charge is -2.59. The molecule has 0 radical (unpaired) electrons. The fourth-order valence-corrected chi connectivity index (χ4v) is 10.7. The van der Waals surface area contributed by atoms with E-state index in [-0.39, 0.29) is 81.8 Å². The van der Waals surface area contributed by atoms with Crippen LogP contribution >= 0.6 is 13.5 Å². The highest BCUT2D eigenvalue weighted by Gasteiger charge is 2.68. The van der Waals surface area contributed by atoms with Crippen LogP contribution in [0.25, 0.3) is 10.8 Å². The summed E-state index contributed by atoms with van der Waals surface area (Å²) in [5.74, 6) is -3.48. The number of amides is 2. The van der Waals surface area contributed by atoms with E-state index < -0.39 is 64.5 Å². The number of carbonyl (C=O) groups excluding carboxylic acids is 6. The summed E-state index contributed by atoms with van der Waals surface area (Å²) >= 11 is 0. The average Bonchev–Trinajstić information content (AvgIpc) is 3.51. The maximum absolute atomic E-state index is 13.7. The Kier molecular flexibility index (Phi) is 14.3. The zero-order valence-corrected chi connectivity index (χ0v) is 38.0. The van der Waals surface area contributed by atoms with Gasteiger partial charge in [0.25, 0.3) is 0 Å². The van der Waals surface area contributed by atoms with Crippen LogP contribution in [-0.2, 0) is 44.8 Å². The first kappa shape index (κ1) is 48.1. The van der Waals surface area contributed by atoms with E-state index in [1.54, 1.807) is 75.6 Å². The van der Waals surface area contributed by atoms with Gasteiger partial charge in [0.2, 0.25) is 11.7 Å². The summed E-state index contributed by atoms with van der Waals surface area (Å²) in [7, 11) is 0. The Balaban J connectivity index is 0.00000680. The first-order chi connectivity index (χ1) is 29.8. The number of alkyl carbamates (subject to hydrolysis) is 1. The van der Waals surface area contributed by atoms with E-state index in [0.717, 1.165) is 22.8 Å². The number of rotatable bonds is 13. The Labute approximate surface area is 380 Å². The molecule has 1 heterocycles. The molecule has 0 aliphatic heterocycles. The van der Waals surface area contributed by atoms with E-state index in [1.807, 2.05) is 31.2 Å². The molecule has 3 saturated carbocycles. The number of hydrogen-bond donors (Lipinski definition) is 4. The maximum Gasteiger partial charge on any atom is 0.407 e. The van der Waals surface area contributed by atoms with Crippen molar-refractivity contribution in [2.24, 2.45) is 28.6 Å². The predicted octanol–water partition coefficient (Wildman–Crippen LogP) is 6.54. The number of Topliss-reactive ketones (excluding diaryl/α,β-unsaturated/α-hetero) is 1. The lowest BCUT2D eigenvalue weighted by molar-refractivity contribution is -0.181. The predicted molar refractivity (Wildman–Crippen MR) is 242 cm³/mol. The van der Waals surface area contributed by atoms with Crippen molar-refractivity contribution in [3.63, 3.8) is 0 Å². The Hall–Kier alpha value is -5.38. The summed E-state index contributed by atoms with van der Waals surface area (Å²) in [5, 5.41) is 31.0. The standard InChI is InChI=1S/C49H57N3O11.H2S/c1-46(2,3)63-45(59)51-26-37(44(58)52-34-12-10-32-25-50-21-18-31(32)22-34)30-8-6-29(7-9-30)27-61-41(56)14-15-42(57)62-28-40(55)49(60)20-17-38-36-13-11-33-23-35(53)16-19-47(33,4)43(36)39(54)24-48(38,49)5;/h6-10,12,16,18-19,21-23,25,36-39,43,54,60H,11,13-15,17,20,24,26-28H2,1-5H3,(H,51,59)(H,52,58);1H2/t36-,37+,38-,39-,43+,47-,48-,49-;/m0./s1. The van der Waals surface area contributed by atoms with Crippen molar-refractivity contribution in [1.29, 1.82) is 0 Å². The Morgan fingerprint density at radius 2 is 1.67 bits per heavy atom. The van der Waals surface area contributed by atoms with Crippen molar-refractivity contribution in [1.82, 2.24) is 10.3 Å². The molecule has 4 aliphatic carbocycles. The molecule has 0 bridgehead atoms. The zero-order chi connectivity index (χ0) is 45.3. The number of allylic oxidation sites excluding steroid dienone is 4. The van der Waals surface area contributed by atoms with Crippen LogP contribution in [-0.4, -0.2) is 81.2 Å². The molecule has 7 rings (SSSR count). The molecule has 1 aromatic heterocycles. The molecule has 8 atom stereocenters. The molecule has 0 saturated heterocycles. The van der Waals surface area contributed by atoms with Gasteiger partial charge >= 0.3 is 18.0 Å². The molecule has 3 fully saturated rings. The highest BCUT2D eigenvalue weighted by molar-refractivity contribution is 7.59. The van der Waals surface area contributed by atoms with Gasteiger partial charge in [-0.05, 0) is 112 Å². The largest absolute Gasteiger partial charge is 0.461 e. The second kappa shape index (κ2) is 19.0. The van der Waals surface area contributed by atoms with Crippen molar-refractivity contribution in [3.8, 4) is 0 Å². The number of nitrogens with zero attached hydrogens (tertiary/aromatic N) is 1. The summed E-state index contributed by atoms with van der Waals surface area (Å²) < 4.78 is 16.1. The third-order valence-corrected chi connectivity index (χ3v) is 13.9. The zero-order valence-electron chi connectivity index (χ0n) is 37.0. The number of aromatic nitrogens is 1. The van der Waals surface area contributed by atoms with Crippen molar-refractivity contribution < 1.29 is 53.2 Å². The van der Waals surface area contributed by atoms with Crippen LogP contribution in [0.2, 0.25) is 0 Å². The topological polar surface area (TPSA) is 208 Å². The van der Waals surface area contributed by atoms with Gasteiger partial charge in [0.05, 0.1) is 24.9 Å². The molecular formula is C49H59N3O11S. The van der Waals surface area contributed by atoms with Crippen molar-refractivity contribution in [2.75, 3.05) is 18.5 Å². The highest BCUT2D eigenvalue weighted by atomic mass is 32.1. The van der Waals surface area contributed by atoms with Crippen LogP contribution in [0.1, 0.15) is 96.6 Å². The fourth-order valence-electron chi connectivity index (χ4n) is 10.7. The van der Waals surface area contributed by atoms with Crippen LogP contribution in [0, 0.1) is 28.6 Å². The van der Waals surface area contributed by atoms with Crippen LogP contribution in [0.3, 0.4) is 0 Å². The van der Waals surface area contributed by atoms with E-state index in [1.165, 1.54) is 0 Å². The van der Waals surface area contributed by atoms with Crippen LogP contribution < -0.4 is 10.6 Å². The Bertz CT molecular complexity index is 2360. The van der Waals surface area contributed by atoms with Gasteiger partial charge in [0.1, 0.15) is 17.8 Å². The molecule has 15 heteroatoms. The van der Waals surface area contributed by atoms with E-state index in [9.17, 15) is 39.0 Å². The molecule has 0 spiro atoms. The number of esters is 2. The Morgan fingerprint density at radius 3 is 2.39 bits per heavy atom. The minimum Gasteiger partial charge on any atom is -0.461 e. The van der Waals surface area contributed by atoms with Gasteiger partial charge in [-0.2, -0.15) is 13.5 Å². The number of anilines is 1. The van der Waals surface area contributed by atoms with E-state index in [0.29, 0.717) is 29.7 Å². The summed E-state index contributed by atoms with van der Waals surface area (Å²) in [6.45, 7) is 8.31. The van der Waals surface area contributed by atoms with E-state index >= 15 is 0 Å². The number of nitrogens with one attached hydrogen (secondary N) is 2. The molecule has 342 valence electrons. The molecule has 14 nitrogen and oxygen atoms in total. The molecule has 64 heavy (non-hydrogen) atoms. The van der Waals surface area contributed by atoms with Gasteiger partial charge in [-0.3, -0.25) is 29.0 Å². The SMILES string of the molecule is CC(C)(C)OC(=O)NC[C@@H](C(=O)Nc1ccc2cnccc2c1)c1ccc(COC(=O)CCC(=O)OCC(=O)[C@@]2(O)CC[C@H]3[C@@H]4CCC5=CC(=O)C=C[C@]5(C)[C@H]4[C@@H](O)C[C@@]32C)cc1.S. The lowest BCUT2D eigenvalue weighted by atomic mass is 9.46. The number of aliphatic hydroxyl groups is 2. The van der Waals surface area contributed by atoms with Crippen molar-refractivity contribution in [2.45, 2.75) is 109 Å². The molecule has 4 aliphatic rings. The smallest absolute Gasteiger partial charge is 0.407 e. The second-order valence-corrected chi connectivity index (χ2v) is 19.0. The summed E-state index contributed by atoms with van der Waals surface area (Å²) in [4.78, 5) is 81.5. The van der Waals surface area contributed by atoms with Crippen LogP contribution in [0.5, 0.6) is 0 Å². The van der Waals surface area contributed by atoms with Gasteiger partial charge in [0.15, 0.2) is 12.4 Å². The average molecular weight is 898 g/mol. The van der Waals surface area contributed by atoms with Gasteiger partial charge in [-0.15, -0.1) is 0 Å². The summed E-state index contributed by atoms with van der Waals surface area (Å²) in [6, 6.07) is 14.1. The molecular weight excluding hydrogens is 839 g/mol. The normalized spacial score (nSPS) is 27.4. The van der Waals surface area contributed by atoms with E-state index in [2.05, 4.69) is 22.5 Å². The van der Waals surface area contributed by atoms with Gasteiger partial charge < -0.3 is 35.1 Å². The molecule has 2 amide bonds. The number of hydrogen-bond acceptors (Lipinski definition) is 12. The number of aliphatic hydroxyl groups excluding tert-OH is 1. The number of ketones is 2. The quantitative estimate of drug-likeness (QED) is 0.107. The lowest BCUT2D eigenvalue weighted by Crippen LogP contribution is -2.61. The maximum atomic E-state index is 13.7. The minimum atomic E-state index is -1.80. The third kappa shape index (κ3) is 9.96. The monoisotopic (exact) mass is 897 g/mol. The summed E-state index contributed by atoms with van der Waals surface area (Å²) in [5.41, 5.74) is -1.16. The number of pyridine rings is 1. The van der Waals surface area contributed by atoms with Gasteiger partial charge in [-0.25, -0.2) is 4.79 Å². The fraction of sp³-hybridized carbons (Fsp3) is 0.490. The molecule has 3 aromatic rings. The molecule has 4 N–H and O–H groups in total. The van der Waals surface area contributed by atoms with Crippen LogP contribution in [0.15, 0.2) is 84.7 Å². The first-order valence-corrected chi connectivity index (χ1v) is 21.7. The van der Waals surface area contributed by atoms with Gasteiger partial charge in [-0.1, -0.05) is 55.8 Å². The second-order valence-electron chi connectivity index (χ2n) is 19.0.